The van der Waals surface area contributed by atoms with Gasteiger partial charge in [0.1, 0.15) is 0 Å². The number of likely N-dealkylation sites (N-methyl/N-ethyl adjacent to an activating group) is 1. The van der Waals surface area contributed by atoms with Crippen LogP contribution < -0.4 is 0 Å². The van der Waals surface area contributed by atoms with Crippen molar-refractivity contribution < 1.29 is 0 Å². The molecule has 3 aromatic rings. The molecular weight excluding hydrogens is 280 g/mol. The van der Waals surface area contributed by atoms with Crippen molar-refractivity contribution in [3.05, 3.63) is 70.9 Å². The smallest absolute Gasteiger partial charge is 0.0489 e. The number of aromatic nitrogens is 1. The van der Waals surface area contributed by atoms with Gasteiger partial charge in [-0.1, -0.05) is 48.9 Å². The molecule has 2 nitrogen and oxygen atoms in total. The summed E-state index contributed by atoms with van der Waals surface area (Å²) in [7, 11) is 0. The summed E-state index contributed by atoms with van der Waals surface area (Å²) in [5, 5.41) is 1.45. The van der Waals surface area contributed by atoms with E-state index in [0.29, 0.717) is 0 Å². The van der Waals surface area contributed by atoms with Gasteiger partial charge in [0.25, 0.3) is 0 Å². The van der Waals surface area contributed by atoms with Crippen LogP contribution in [0.2, 0.25) is 0 Å². The molecule has 1 aliphatic heterocycles. The van der Waals surface area contributed by atoms with Crippen LogP contribution in [0.3, 0.4) is 0 Å². The molecule has 0 spiro atoms. The molecular formula is C21H24N2. The van der Waals surface area contributed by atoms with Gasteiger partial charge in [-0.3, -0.25) is 4.90 Å². The van der Waals surface area contributed by atoms with Crippen LogP contribution in [-0.2, 0) is 19.5 Å². The topological polar surface area (TPSA) is 8.17 Å². The van der Waals surface area contributed by atoms with Crippen LogP contribution in [-0.4, -0.2) is 22.6 Å². The minimum absolute atomic E-state index is 0.974. The van der Waals surface area contributed by atoms with Gasteiger partial charge in [-0.15, -0.1) is 0 Å². The summed E-state index contributed by atoms with van der Waals surface area (Å²) in [6.45, 7) is 8.83. The fourth-order valence-corrected chi connectivity index (χ4v) is 3.84. The van der Waals surface area contributed by atoms with Crippen molar-refractivity contribution in [2.75, 3.05) is 13.1 Å². The molecule has 4 rings (SSSR count). The van der Waals surface area contributed by atoms with E-state index in [9.17, 15) is 0 Å². The standard InChI is InChI=1S/C21H24N2/c1-3-22-12-11-21-19(15-22)18-13-16(2)9-10-20(18)23(21)14-17-7-5-4-6-8-17/h4-10,13H,3,11-12,14-15H2,1-2H3. The Labute approximate surface area is 138 Å². The summed E-state index contributed by atoms with van der Waals surface area (Å²) in [5.41, 5.74) is 7.21. The predicted octanol–water partition coefficient (Wildman–Crippen LogP) is 4.38. The van der Waals surface area contributed by atoms with Crippen molar-refractivity contribution in [3.8, 4) is 0 Å². The van der Waals surface area contributed by atoms with Crippen LogP contribution in [0.15, 0.2) is 48.5 Å². The lowest BCUT2D eigenvalue weighted by molar-refractivity contribution is 0.266. The van der Waals surface area contributed by atoms with E-state index < -0.39 is 0 Å². The fourth-order valence-electron chi connectivity index (χ4n) is 3.84. The van der Waals surface area contributed by atoms with Gasteiger partial charge in [0.15, 0.2) is 0 Å². The van der Waals surface area contributed by atoms with Gasteiger partial charge < -0.3 is 4.57 Å². The van der Waals surface area contributed by atoms with E-state index in [-0.39, 0.29) is 0 Å². The molecule has 2 heteroatoms. The maximum Gasteiger partial charge on any atom is 0.0489 e. The molecule has 118 valence electrons. The summed E-state index contributed by atoms with van der Waals surface area (Å²) in [6, 6.07) is 17.7. The quantitative estimate of drug-likeness (QED) is 0.697. The first-order valence-electron chi connectivity index (χ1n) is 8.63. The Bertz CT molecular complexity index is 830. The summed E-state index contributed by atoms with van der Waals surface area (Å²) < 4.78 is 2.55. The molecule has 0 atom stereocenters. The van der Waals surface area contributed by atoms with Gasteiger partial charge in [0.2, 0.25) is 0 Å². The Morgan fingerprint density at radius 3 is 2.65 bits per heavy atom. The van der Waals surface area contributed by atoms with E-state index in [2.05, 4.69) is 71.8 Å². The van der Waals surface area contributed by atoms with Gasteiger partial charge in [-0.25, -0.2) is 0 Å². The Balaban J connectivity index is 1.87. The fraction of sp³-hybridized carbons (Fsp3) is 0.333. The molecule has 0 fully saturated rings. The van der Waals surface area contributed by atoms with Gasteiger partial charge >= 0.3 is 0 Å². The van der Waals surface area contributed by atoms with Crippen LogP contribution in [0, 0.1) is 6.92 Å². The zero-order valence-electron chi connectivity index (χ0n) is 14.0. The number of benzene rings is 2. The number of hydrogen-bond acceptors (Lipinski definition) is 1. The van der Waals surface area contributed by atoms with Gasteiger partial charge in [0.05, 0.1) is 0 Å². The first-order chi connectivity index (χ1) is 11.3. The highest BCUT2D eigenvalue weighted by atomic mass is 15.1. The average Bonchev–Trinajstić information content (AvgIpc) is 2.88. The highest BCUT2D eigenvalue weighted by Gasteiger charge is 2.23. The predicted molar refractivity (Wildman–Crippen MR) is 96.9 cm³/mol. The highest BCUT2D eigenvalue weighted by Crippen LogP contribution is 2.32. The largest absolute Gasteiger partial charge is 0.340 e. The summed E-state index contributed by atoms with van der Waals surface area (Å²) in [5.74, 6) is 0. The number of aryl methyl sites for hydroxylation is 1. The lowest BCUT2D eigenvalue weighted by Gasteiger charge is -2.27. The molecule has 2 heterocycles. The second-order valence-corrected chi connectivity index (χ2v) is 6.64. The van der Waals surface area contributed by atoms with Crippen LogP contribution >= 0.6 is 0 Å². The first-order valence-corrected chi connectivity index (χ1v) is 8.63. The van der Waals surface area contributed by atoms with Crippen LogP contribution in [0.25, 0.3) is 10.9 Å². The average molecular weight is 304 g/mol. The Morgan fingerprint density at radius 1 is 1.04 bits per heavy atom. The number of fused-ring (bicyclic) bond motifs is 3. The summed E-state index contributed by atoms with van der Waals surface area (Å²) in [6.07, 6.45) is 1.16. The maximum absolute atomic E-state index is 2.55. The van der Waals surface area contributed by atoms with E-state index >= 15 is 0 Å². The van der Waals surface area contributed by atoms with Crippen molar-refractivity contribution >= 4 is 10.9 Å². The van der Waals surface area contributed by atoms with Crippen molar-refractivity contribution in [3.63, 3.8) is 0 Å². The maximum atomic E-state index is 2.55. The van der Waals surface area contributed by atoms with Crippen LogP contribution in [0.5, 0.6) is 0 Å². The van der Waals surface area contributed by atoms with Gasteiger partial charge in [-0.05, 0) is 36.7 Å². The monoisotopic (exact) mass is 304 g/mol. The molecule has 2 aromatic carbocycles. The Kier molecular flexibility index (Phi) is 3.70. The van der Waals surface area contributed by atoms with E-state index in [0.717, 1.165) is 26.1 Å². The molecule has 0 amide bonds. The molecule has 0 N–H and O–H groups in total. The minimum atomic E-state index is 0.974. The second kappa shape index (κ2) is 5.86. The molecule has 0 aliphatic carbocycles. The molecule has 0 saturated heterocycles. The molecule has 23 heavy (non-hydrogen) atoms. The molecule has 1 aromatic heterocycles. The number of hydrogen-bond donors (Lipinski definition) is 0. The van der Waals surface area contributed by atoms with Gasteiger partial charge in [0, 0.05) is 42.7 Å². The Hall–Kier alpha value is -2.06. The van der Waals surface area contributed by atoms with Crippen molar-refractivity contribution in [2.45, 2.75) is 33.4 Å². The molecule has 0 unspecified atom stereocenters. The van der Waals surface area contributed by atoms with E-state index in [1.165, 1.54) is 28.6 Å². The lowest BCUT2D eigenvalue weighted by Crippen LogP contribution is -2.30. The van der Waals surface area contributed by atoms with E-state index in [4.69, 9.17) is 0 Å². The van der Waals surface area contributed by atoms with Crippen LogP contribution in [0.1, 0.15) is 29.3 Å². The third-order valence-electron chi connectivity index (χ3n) is 5.12. The number of nitrogens with zero attached hydrogens (tertiary/aromatic N) is 2. The SMILES string of the molecule is CCN1CCc2c(c3cc(C)ccc3n2Cc2ccccc2)C1. The summed E-state index contributed by atoms with van der Waals surface area (Å²) >= 11 is 0. The highest BCUT2D eigenvalue weighted by molar-refractivity contribution is 5.86. The third-order valence-corrected chi connectivity index (χ3v) is 5.12. The second-order valence-electron chi connectivity index (χ2n) is 6.64. The minimum Gasteiger partial charge on any atom is -0.340 e. The molecule has 0 radical (unpaired) electrons. The van der Waals surface area contributed by atoms with Crippen molar-refractivity contribution in [1.82, 2.24) is 9.47 Å². The van der Waals surface area contributed by atoms with Crippen LogP contribution in [0.4, 0.5) is 0 Å². The molecule has 0 bridgehead atoms. The lowest BCUT2D eigenvalue weighted by atomic mass is 10.0. The van der Waals surface area contributed by atoms with Gasteiger partial charge in [-0.2, -0.15) is 0 Å². The zero-order chi connectivity index (χ0) is 15.8. The zero-order valence-corrected chi connectivity index (χ0v) is 14.0. The number of rotatable bonds is 3. The molecule has 0 saturated carbocycles. The molecule has 1 aliphatic rings. The van der Waals surface area contributed by atoms with E-state index in [1.54, 1.807) is 11.3 Å². The third kappa shape index (κ3) is 2.57. The normalized spacial score (nSPS) is 15.0. The van der Waals surface area contributed by atoms with Crippen molar-refractivity contribution in [2.24, 2.45) is 0 Å². The van der Waals surface area contributed by atoms with Crippen molar-refractivity contribution in [1.29, 1.82) is 0 Å². The first kappa shape index (κ1) is 14.5. The summed E-state index contributed by atoms with van der Waals surface area (Å²) in [4.78, 5) is 2.55. The Morgan fingerprint density at radius 2 is 1.87 bits per heavy atom. The van der Waals surface area contributed by atoms with E-state index in [1.807, 2.05) is 0 Å².